The predicted molar refractivity (Wildman–Crippen MR) is 148 cm³/mol. The van der Waals surface area contributed by atoms with Crippen LogP contribution in [0.5, 0.6) is 0 Å². The Hall–Kier alpha value is -4.39. The summed E-state index contributed by atoms with van der Waals surface area (Å²) in [6.07, 6.45) is 0.638. The van der Waals surface area contributed by atoms with Gasteiger partial charge in [0, 0.05) is 29.5 Å². The van der Waals surface area contributed by atoms with Crippen molar-refractivity contribution in [1.82, 2.24) is 15.3 Å². The highest BCUT2D eigenvalue weighted by atomic mass is 32.2. The largest absolute Gasteiger partial charge is 0.460 e. The maximum Gasteiger partial charge on any atom is 0.407 e. The number of aromatic amines is 2. The Balaban J connectivity index is 1.66. The van der Waals surface area contributed by atoms with Crippen LogP contribution in [0.3, 0.4) is 0 Å². The minimum atomic E-state index is -4.10. The van der Waals surface area contributed by atoms with Crippen LogP contribution in [0.15, 0.2) is 58.4 Å². The number of carbonyl (C=O) groups is 2. The zero-order chi connectivity index (χ0) is 29.4. The number of esters is 1. The molecule has 1 atom stereocenters. The van der Waals surface area contributed by atoms with E-state index in [9.17, 15) is 27.2 Å². The van der Waals surface area contributed by atoms with Gasteiger partial charge >= 0.3 is 12.1 Å². The fourth-order valence-corrected chi connectivity index (χ4v) is 5.23. The molecule has 4 aromatic rings. The third kappa shape index (κ3) is 5.93. The molecule has 0 aliphatic carbocycles. The standard InChI is InChI=1S/C27H29FN4O7S/c1-15(30-26(35)39-27(2,3)4)14-38-25(34)20-13-29-23-22(20)19-12-18(10-11-21(19)31-24(23)33)40(36,37)32(5)17-8-6-16(28)7-9-17/h6-13,15,29H,14H2,1-5H3,(H,30,35)(H,31,33). The molecular formula is C27H29FN4O7S. The molecule has 40 heavy (non-hydrogen) atoms. The number of pyridine rings is 1. The van der Waals surface area contributed by atoms with Crippen LogP contribution in [0.1, 0.15) is 38.1 Å². The van der Waals surface area contributed by atoms with E-state index in [1.54, 1.807) is 27.7 Å². The number of nitrogens with one attached hydrogen (secondary N) is 3. The number of hydrogen-bond acceptors (Lipinski definition) is 7. The third-order valence-corrected chi connectivity index (χ3v) is 7.69. The Bertz CT molecular complexity index is 1760. The van der Waals surface area contributed by atoms with Crippen molar-refractivity contribution in [2.45, 2.75) is 44.2 Å². The van der Waals surface area contributed by atoms with Crippen molar-refractivity contribution in [1.29, 1.82) is 0 Å². The number of sulfonamides is 1. The maximum atomic E-state index is 13.4. The van der Waals surface area contributed by atoms with Gasteiger partial charge in [-0.05, 0) is 70.2 Å². The molecule has 0 spiro atoms. The molecule has 13 heteroatoms. The zero-order valence-electron chi connectivity index (χ0n) is 22.5. The number of carbonyl (C=O) groups excluding carboxylic acids is 2. The molecule has 0 saturated heterocycles. The molecule has 1 unspecified atom stereocenters. The number of alkyl carbamates (subject to hydrolysis) is 1. The van der Waals surface area contributed by atoms with Gasteiger partial charge in [-0.25, -0.2) is 22.4 Å². The second kappa shape index (κ2) is 10.6. The molecule has 2 aromatic carbocycles. The lowest BCUT2D eigenvalue weighted by molar-refractivity contribution is 0.0382. The Morgan fingerprint density at radius 3 is 2.45 bits per heavy atom. The summed E-state index contributed by atoms with van der Waals surface area (Å²) in [6, 6.07) is 8.49. The molecule has 212 valence electrons. The average Bonchev–Trinajstić information content (AvgIpc) is 3.32. The van der Waals surface area contributed by atoms with Crippen molar-refractivity contribution in [2.75, 3.05) is 18.0 Å². The fourth-order valence-electron chi connectivity index (χ4n) is 4.00. The highest BCUT2D eigenvalue weighted by molar-refractivity contribution is 7.92. The van der Waals surface area contributed by atoms with Crippen LogP contribution in [0.25, 0.3) is 21.8 Å². The number of ether oxygens (including phenoxy) is 2. The van der Waals surface area contributed by atoms with E-state index in [2.05, 4.69) is 15.3 Å². The van der Waals surface area contributed by atoms with Gasteiger partial charge in [0.05, 0.1) is 22.2 Å². The monoisotopic (exact) mass is 572 g/mol. The highest BCUT2D eigenvalue weighted by Gasteiger charge is 2.25. The summed E-state index contributed by atoms with van der Waals surface area (Å²) < 4.78 is 51.7. The van der Waals surface area contributed by atoms with Gasteiger partial charge in [0.2, 0.25) is 0 Å². The number of hydrogen-bond donors (Lipinski definition) is 3. The summed E-state index contributed by atoms with van der Waals surface area (Å²) in [5, 5.41) is 3.04. The second-order valence-corrected chi connectivity index (χ2v) is 12.2. The van der Waals surface area contributed by atoms with E-state index >= 15 is 0 Å². The van der Waals surface area contributed by atoms with E-state index in [0.29, 0.717) is 5.52 Å². The van der Waals surface area contributed by atoms with Gasteiger partial charge in [-0.2, -0.15) is 0 Å². The van der Waals surface area contributed by atoms with Crippen molar-refractivity contribution in [3.05, 3.63) is 70.4 Å². The van der Waals surface area contributed by atoms with Crippen LogP contribution >= 0.6 is 0 Å². The van der Waals surface area contributed by atoms with E-state index < -0.39 is 45.1 Å². The van der Waals surface area contributed by atoms with Crippen LogP contribution in [0.4, 0.5) is 14.9 Å². The third-order valence-electron chi connectivity index (χ3n) is 5.91. The first kappa shape index (κ1) is 28.6. The van der Waals surface area contributed by atoms with Crippen LogP contribution in [0.2, 0.25) is 0 Å². The number of benzene rings is 2. The molecule has 2 heterocycles. The summed E-state index contributed by atoms with van der Waals surface area (Å²) in [5.74, 6) is -1.29. The first-order valence-corrected chi connectivity index (χ1v) is 13.7. The zero-order valence-corrected chi connectivity index (χ0v) is 23.3. The number of aromatic nitrogens is 2. The molecule has 4 rings (SSSR count). The quantitative estimate of drug-likeness (QED) is 0.283. The Morgan fingerprint density at radius 2 is 1.80 bits per heavy atom. The maximum absolute atomic E-state index is 13.4. The lowest BCUT2D eigenvalue weighted by Crippen LogP contribution is -2.40. The van der Waals surface area contributed by atoms with Crippen molar-refractivity contribution in [3.63, 3.8) is 0 Å². The first-order valence-electron chi connectivity index (χ1n) is 12.3. The van der Waals surface area contributed by atoms with Crippen LogP contribution in [-0.4, -0.2) is 55.7 Å². The average molecular weight is 573 g/mol. The van der Waals surface area contributed by atoms with E-state index in [1.165, 1.54) is 43.6 Å². The summed E-state index contributed by atoms with van der Waals surface area (Å²) in [4.78, 5) is 43.0. The number of anilines is 1. The van der Waals surface area contributed by atoms with Crippen molar-refractivity contribution in [3.8, 4) is 0 Å². The Kier molecular flexibility index (Phi) is 7.61. The van der Waals surface area contributed by atoms with Crippen LogP contribution in [0, 0.1) is 5.82 Å². The molecule has 0 bridgehead atoms. The van der Waals surface area contributed by atoms with E-state index in [0.717, 1.165) is 16.4 Å². The molecule has 0 aliphatic heterocycles. The number of nitrogens with zero attached hydrogens (tertiary/aromatic N) is 1. The van der Waals surface area contributed by atoms with Gasteiger partial charge in [-0.15, -0.1) is 0 Å². The van der Waals surface area contributed by atoms with Crippen molar-refractivity contribution < 1.29 is 31.9 Å². The first-order chi connectivity index (χ1) is 18.7. The number of rotatable bonds is 7. The number of H-pyrrole nitrogens is 2. The molecule has 0 saturated carbocycles. The van der Waals surface area contributed by atoms with Crippen LogP contribution in [-0.2, 0) is 19.5 Å². The number of halogens is 1. The number of fused-ring (bicyclic) bond motifs is 3. The normalized spacial score (nSPS) is 12.8. The lowest BCUT2D eigenvalue weighted by atomic mass is 10.1. The molecule has 2 aromatic heterocycles. The minimum absolute atomic E-state index is 0.0111. The lowest BCUT2D eigenvalue weighted by Gasteiger charge is -2.21. The molecule has 1 amide bonds. The van der Waals surface area contributed by atoms with E-state index in [-0.39, 0.29) is 39.0 Å². The Labute approximate surface area is 229 Å². The minimum Gasteiger partial charge on any atom is -0.460 e. The van der Waals surface area contributed by atoms with Gasteiger partial charge in [-0.1, -0.05) is 0 Å². The molecule has 0 aliphatic rings. The summed E-state index contributed by atoms with van der Waals surface area (Å²) in [5.41, 5.74) is -0.598. The van der Waals surface area contributed by atoms with Gasteiger partial charge < -0.3 is 24.8 Å². The van der Waals surface area contributed by atoms with Gasteiger partial charge in [-0.3, -0.25) is 9.10 Å². The Morgan fingerprint density at radius 1 is 1.12 bits per heavy atom. The van der Waals surface area contributed by atoms with Crippen molar-refractivity contribution >= 4 is 49.6 Å². The van der Waals surface area contributed by atoms with E-state index in [4.69, 9.17) is 9.47 Å². The van der Waals surface area contributed by atoms with Crippen molar-refractivity contribution in [2.24, 2.45) is 0 Å². The smallest absolute Gasteiger partial charge is 0.407 e. The van der Waals surface area contributed by atoms with Gasteiger partial charge in [0.15, 0.2) is 0 Å². The summed E-state index contributed by atoms with van der Waals surface area (Å²) in [7, 11) is -2.76. The fraction of sp³-hybridized carbons (Fsp3) is 0.296. The second-order valence-electron chi connectivity index (χ2n) is 10.2. The summed E-state index contributed by atoms with van der Waals surface area (Å²) in [6.45, 7) is 6.60. The summed E-state index contributed by atoms with van der Waals surface area (Å²) >= 11 is 0. The van der Waals surface area contributed by atoms with Gasteiger partial charge in [0.25, 0.3) is 15.6 Å². The molecule has 0 radical (unpaired) electrons. The predicted octanol–water partition coefficient (Wildman–Crippen LogP) is 4.04. The molecule has 11 nitrogen and oxygen atoms in total. The topological polar surface area (TPSA) is 151 Å². The van der Waals surface area contributed by atoms with Crippen LogP contribution < -0.4 is 15.2 Å². The number of amides is 1. The molecular weight excluding hydrogens is 543 g/mol. The molecule has 3 N–H and O–H groups in total. The molecule has 0 fully saturated rings. The highest BCUT2D eigenvalue weighted by Crippen LogP contribution is 2.29. The SMILES string of the molecule is CC(COC(=O)c1c[nH]c2c(=O)[nH]c3ccc(S(=O)(=O)N(C)c4ccc(F)cc4)cc3c12)NC(=O)OC(C)(C)C. The van der Waals surface area contributed by atoms with Gasteiger partial charge in [0.1, 0.15) is 23.5 Å². The van der Waals surface area contributed by atoms with E-state index in [1.807, 2.05) is 0 Å².